The Bertz CT molecular complexity index is 384. The van der Waals surface area contributed by atoms with E-state index in [-0.39, 0.29) is 12.5 Å². The largest absolute Gasteiger partial charge is 0.481 e. The molecule has 1 atom stereocenters. The first-order valence-electron chi connectivity index (χ1n) is 4.84. The third kappa shape index (κ3) is 3.79. The van der Waals surface area contributed by atoms with Crippen molar-refractivity contribution >= 4 is 43.5 Å². The molecule has 2 N–H and O–H groups in total. The summed E-state index contributed by atoms with van der Waals surface area (Å²) in [6.07, 6.45) is 0.0900. The number of carboxylic acids is 1. The highest BCUT2D eigenvalue weighted by atomic mass is 79.9. The van der Waals surface area contributed by atoms with Crippen molar-refractivity contribution in [1.82, 2.24) is 0 Å². The molecule has 3 nitrogen and oxygen atoms in total. The number of carboxylic acid groups (broad SMARTS) is 1. The normalized spacial score (nSPS) is 12.2. The molecule has 1 aromatic rings. The van der Waals surface area contributed by atoms with Crippen LogP contribution in [-0.2, 0) is 4.79 Å². The van der Waals surface area contributed by atoms with Gasteiger partial charge in [0, 0.05) is 15.0 Å². The van der Waals surface area contributed by atoms with Crippen LogP contribution in [0.1, 0.15) is 18.9 Å². The van der Waals surface area contributed by atoms with Gasteiger partial charge in [-0.05, 0) is 63.4 Å². The molecular formula is C11H13Br2NO2. The number of aryl methyl sites for hydroxylation is 1. The third-order valence-electron chi connectivity index (χ3n) is 2.06. The molecule has 0 aliphatic rings. The van der Waals surface area contributed by atoms with E-state index < -0.39 is 5.97 Å². The van der Waals surface area contributed by atoms with E-state index >= 15 is 0 Å². The van der Waals surface area contributed by atoms with Crippen LogP contribution in [0.25, 0.3) is 0 Å². The fraction of sp³-hybridized carbons (Fsp3) is 0.364. The number of benzene rings is 1. The molecule has 0 bridgehead atoms. The van der Waals surface area contributed by atoms with E-state index in [1.165, 1.54) is 0 Å². The van der Waals surface area contributed by atoms with Crippen LogP contribution in [0.3, 0.4) is 0 Å². The van der Waals surface area contributed by atoms with E-state index in [0.717, 1.165) is 20.2 Å². The van der Waals surface area contributed by atoms with Crippen molar-refractivity contribution in [3.8, 4) is 0 Å². The lowest BCUT2D eigenvalue weighted by Gasteiger charge is -2.16. The molecule has 16 heavy (non-hydrogen) atoms. The monoisotopic (exact) mass is 349 g/mol. The number of carbonyl (C=O) groups is 1. The number of nitrogens with one attached hydrogen (secondary N) is 1. The van der Waals surface area contributed by atoms with Crippen LogP contribution in [0.4, 0.5) is 5.69 Å². The summed E-state index contributed by atoms with van der Waals surface area (Å²) in [5.74, 6) is -0.806. The van der Waals surface area contributed by atoms with Crippen LogP contribution in [-0.4, -0.2) is 17.1 Å². The molecule has 88 valence electrons. The summed E-state index contributed by atoms with van der Waals surface area (Å²) in [5.41, 5.74) is 2.02. The molecule has 0 saturated heterocycles. The molecule has 0 spiro atoms. The van der Waals surface area contributed by atoms with Gasteiger partial charge in [0.05, 0.1) is 12.1 Å². The number of anilines is 1. The van der Waals surface area contributed by atoms with Crippen LogP contribution >= 0.6 is 31.9 Å². The zero-order valence-electron chi connectivity index (χ0n) is 9.05. The average Bonchev–Trinajstić information content (AvgIpc) is 2.09. The second-order valence-electron chi connectivity index (χ2n) is 3.75. The summed E-state index contributed by atoms with van der Waals surface area (Å²) in [6.45, 7) is 3.84. The zero-order chi connectivity index (χ0) is 12.3. The maximum atomic E-state index is 10.6. The number of hydrogen-bond acceptors (Lipinski definition) is 2. The first-order chi connectivity index (χ1) is 7.40. The third-order valence-corrected chi connectivity index (χ3v) is 3.31. The predicted octanol–water partition coefficient (Wildman–Crippen LogP) is 3.80. The van der Waals surface area contributed by atoms with Gasteiger partial charge in [0.2, 0.25) is 0 Å². The van der Waals surface area contributed by atoms with Gasteiger partial charge in [-0.3, -0.25) is 4.79 Å². The molecule has 0 aliphatic heterocycles. The highest BCUT2D eigenvalue weighted by molar-refractivity contribution is 9.11. The second-order valence-corrected chi connectivity index (χ2v) is 5.46. The fourth-order valence-corrected chi connectivity index (χ4v) is 3.04. The molecule has 0 amide bonds. The number of hydrogen-bond donors (Lipinski definition) is 2. The zero-order valence-corrected chi connectivity index (χ0v) is 12.2. The molecule has 0 fully saturated rings. The van der Waals surface area contributed by atoms with Gasteiger partial charge in [-0.25, -0.2) is 0 Å². The van der Waals surface area contributed by atoms with Gasteiger partial charge in [0.1, 0.15) is 0 Å². The summed E-state index contributed by atoms with van der Waals surface area (Å²) in [6, 6.07) is 3.86. The van der Waals surface area contributed by atoms with E-state index in [9.17, 15) is 4.79 Å². The molecule has 1 unspecified atom stereocenters. The van der Waals surface area contributed by atoms with Crippen LogP contribution < -0.4 is 5.32 Å². The first kappa shape index (κ1) is 13.5. The first-order valence-corrected chi connectivity index (χ1v) is 6.42. The smallest absolute Gasteiger partial charge is 0.305 e. The van der Waals surface area contributed by atoms with E-state index in [2.05, 4.69) is 37.2 Å². The van der Waals surface area contributed by atoms with Gasteiger partial charge >= 0.3 is 5.97 Å². The standard InChI is InChI=1S/C11H13Br2NO2/c1-6-3-8(12)11(9(13)4-6)14-7(2)5-10(15)16/h3-4,7,14H,5H2,1-2H3,(H,15,16). The lowest BCUT2D eigenvalue weighted by Crippen LogP contribution is -2.19. The minimum atomic E-state index is -0.806. The lowest BCUT2D eigenvalue weighted by molar-refractivity contribution is -0.137. The molecule has 0 aliphatic carbocycles. The minimum Gasteiger partial charge on any atom is -0.481 e. The molecule has 5 heteroatoms. The van der Waals surface area contributed by atoms with Crippen molar-refractivity contribution in [2.24, 2.45) is 0 Å². The SMILES string of the molecule is Cc1cc(Br)c(NC(C)CC(=O)O)c(Br)c1. The van der Waals surface area contributed by atoms with Gasteiger partial charge in [0.25, 0.3) is 0 Å². The van der Waals surface area contributed by atoms with Crippen molar-refractivity contribution in [3.05, 3.63) is 26.6 Å². The Morgan fingerprint density at radius 2 is 1.94 bits per heavy atom. The van der Waals surface area contributed by atoms with E-state index in [0.29, 0.717) is 0 Å². The highest BCUT2D eigenvalue weighted by Crippen LogP contribution is 2.32. The van der Waals surface area contributed by atoms with E-state index in [4.69, 9.17) is 5.11 Å². The van der Waals surface area contributed by atoms with Gasteiger partial charge in [0.15, 0.2) is 0 Å². The Labute approximate surface area is 111 Å². The van der Waals surface area contributed by atoms with Gasteiger partial charge < -0.3 is 10.4 Å². The second kappa shape index (κ2) is 5.68. The van der Waals surface area contributed by atoms with Crippen LogP contribution in [0.5, 0.6) is 0 Å². The highest BCUT2D eigenvalue weighted by Gasteiger charge is 2.11. The maximum Gasteiger partial charge on any atom is 0.305 e. The quantitative estimate of drug-likeness (QED) is 0.868. The van der Waals surface area contributed by atoms with Crippen LogP contribution in [0.2, 0.25) is 0 Å². The lowest BCUT2D eigenvalue weighted by atomic mass is 10.2. The fourth-order valence-electron chi connectivity index (χ4n) is 1.40. The maximum absolute atomic E-state index is 10.6. The number of halogens is 2. The van der Waals surface area contributed by atoms with Gasteiger partial charge in [-0.2, -0.15) is 0 Å². The molecule has 1 rings (SSSR count). The van der Waals surface area contributed by atoms with Crippen molar-refractivity contribution in [2.75, 3.05) is 5.32 Å². The van der Waals surface area contributed by atoms with Crippen molar-refractivity contribution < 1.29 is 9.90 Å². The van der Waals surface area contributed by atoms with Crippen LogP contribution in [0.15, 0.2) is 21.1 Å². The number of rotatable bonds is 4. The summed E-state index contributed by atoms with van der Waals surface area (Å²) in [5, 5.41) is 11.8. The molecule has 0 saturated carbocycles. The van der Waals surface area contributed by atoms with Crippen LogP contribution in [0, 0.1) is 6.92 Å². The average molecular weight is 351 g/mol. The molecule has 0 radical (unpaired) electrons. The molecule has 1 aromatic carbocycles. The Kier molecular flexibility index (Phi) is 4.80. The van der Waals surface area contributed by atoms with Crippen molar-refractivity contribution in [3.63, 3.8) is 0 Å². The summed E-state index contributed by atoms with van der Waals surface area (Å²) >= 11 is 6.91. The Morgan fingerprint density at radius 3 is 2.38 bits per heavy atom. The van der Waals surface area contributed by atoms with E-state index in [1.54, 1.807) is 0 Å². The summed E-state index contributed by atoms with van der Waals surface area (Å²) < 4.78 is 1.85. The Hall–Kier alpha value is -0.550. The summed E-state index contributed by atoms with van der Waals surface area (Å²) in [7, 11) is 0. The van der Waals surface area contributed by atoms with Crippen molar-refractivity contribution in [2.45, 2.75) is 26.3 Å². The minimum absolute atomic E-state index is 0.0900. The summed E-state index contributed by atoms with van der Waals surface area (Å²) in [4.78, 5) is 10.6. The Balaban J connectivity index is 2.85. The Morgan fingerprint density at radius 1 is 1.44 bits per heavy atom. The van der Waals surface area contributed by atoms with Crippen molar-refractivity contribution in [1.29, 1.82) is 0 Å². The molecule has 0 heterocycles. The molecular weight excluding hydrogens is 338 g/mol. The van der Waals surface area contributed by atoms with Gasteiger partial charge in [-0.1, -0.05) is 0 Å². The molecule has 0 aromatic heterocycles. The van der Waals surface area contributed by atoms with Gasteiger partial charge in [-0.15, -0.1) is 0 Å². The number of aliphatic carboxylic acids is 1. The van der Waals surface area contributed by atoms with E-state index in [1.807, 2.05) is 26.0 Å². The predicted molar refractivity (Wildman–Crippen MR) is 71.9 cm³/mol. The topological polar surface area (TPSA) is 49.3 Å².